The molecule has 0 N–H and O–H groups in total. The van der Waals surface area contributed by atoms with Crippen molar-refractivity contribution in [2.24, 2.45) is 5.92 Å². The highest BCUT2D eigenvalue weighted by Crippen LogP contribution is 2.37. The second-order valence-corrected chi connectivity index (χ2v) is 11.0. The Hall–Kier alpha value is -3.85. The molecule has 7 nitrogen and oxygen atoms in total. The average Bonchev–Trinajstić information content (AvgIpc) is 3.56. The Bertz CT molecular complexity index is 1630. The van der Waals surface area contributed by atoms with Crippen molar-refractivity contribution in [3.8, 4) is 33.8 Å². The van der Waals surface area contributed by atoms with Gasteiger partial charge in [0.25, 0.3) is 0 Å². The van der Waals surface area contributed by atoms with Gasteiger partial charge >= 0.3 is 0 Å². The van der Waals surface area contributed by atoms with Gasteiger partial charge in [-0.3, -0.25) is 4.68 Å². The number of nitrogens with zero attached hydrogens (tertiary/aromatic N) is 4. The number of furan rings is 1. The molecular formula is C26H21FN4O3S. The molecule has 0 bridgehead atoms. The van der Waals surface area contributed by atoms with Crippen LogP contribution in [0.15, 0.2) is 77.6 Å². The van der Waals surface area contributed by atoms with E-state index in [-0.39, 0.29) is 23.2 Å². The molecule has 1 saturated heterocycles. The quantitative estimate of drug-likeness (QED) is 0.346. The third-order valence-electron chi connectivity index (χ3n) is 6.29. The fourth-order valence-corrected chi connectivity index (χ4v) is 6.45. The molecule has 6 rings (SSSR count). The Balaban J connectivity index is 1.47. The Morgan fingerprint density at radius 1 is 1.00 bits per heavy atom. The topological polar surface area (TPSA) is 90.9 Å². The van der Waals surface area contributed by atoms with E-state index < -0.39 is 9.84 Å². The van der Waals surface area contributed by atoms with E-state index in [2.05, 4.69) is 9.97 Å². The molecule has 176 valence electrons. The summed E-state index contributed by atoms with van der Waals surface area (Å²) < 4.78 is 45.3. The zero-order chi connectivity index (χ0) is 24.0. The van der Waals surface area contributed by atoms with Gasteiger partial charge in [-0.05, 0) is 42.7 Å². The van der Waals surface area contributed by atoms with Gasteiger partial charge in [-0.15, -0.1) is 0 Å². The lowest BCUT2D eigenvalue weighted by atomic mass is 10.0. The molecule has 0 aliphatic carbocycles. The molecule has 0 saturated carbocycles. The molecule has 3 aromatic heterocycles. The second kappa shape index (κ2) is 8.42. The maximum Gasteiger partial charge on any atom is 0.230 e. The fraction of sp³-hybridized carbons (Fsp3) is 0.192. The first-order chi connectivity index (χ1) is 16.9. The van der Waals surface area contributed by atoms with Crippen molar-refractivity contribution in [1.82, 2.24) is 19.7 Å². The van der Waals surface area contributed by atoms with Crippen LogP contribution in [0.4, 0.5) is 4.39 Å². The van der Waals surface area contributed by atoms with Crippen molar-refractivity contribution in [2.45, 2.75) is 13.0 Å². The molecule has 2 aromatic carbocycles. The molecule has 35 heavy (non-hydrogen) atoms. The van der Waals surface area contributed by atoms with E-state index in [0.29, 0.717) is 35.8 Å². The highest BCUT2D eigenvalue weighted by Gasteiger charge is 2.29. The van der Waals surface area contributed by atoms with Crippen molar-refractivity contribution in [3.05, 3.63) is 79.0 Å². The predicted molar refractivity (Wildman–Crippen MR) is 131 cm³/mol. The molecule has 5 aromatic rings. The summed E-state index contributed by atoms with van der Waals surface area (Å²) in [7, 11) is -3.00. The SMILES string of the molecule is O=S1(=O)CC[C@H](Cn2cc(-c3ncnc4oc(-c5ccccc5)cc34)c(-c3ccc(F)cc3)n2)C1. The molecule has 0 amide bonds. The number of hydrogen-bond acceptors (Lipinski definition) is 6. The highest BCUT2D eigenvalue weighted by atomic mass is 32.2. The van der Waals surface area contributed by atoms with Crippen LogP contribution in [0.25, 0.3) is 44.9 Å². The number of rotatable bonds is 5. The van der Waals surface area contributed by atoms with Crippen LogP contribution >= 0.6 is 0 Å². The van der Waals surface area contributed by atoms with Gasteiger partial charge in [0.1, 0.15) is 23.6 Å². The van der Waals surface area contributed by atoms with Gasteiger partial charge in [0.15, 0.2) is 9.84 Å². The normalized spacial score (nSPS) is 17.2. The zero-order valence-electron chi connectivity index (χ0n) is 18.6. The van der Waals surface area contributed by atoms with Gasteiger partial charge in [0.2, 0.25) is 5.71 Å². The van der Waals surface area contributed by atoms with E-state index in [1.165, 1.54) is 18.5 Å². The minimum absolute atomic E-state index is 0.00200. The summed E-state index contributed by atoms with van der Waals surface area (Å²) in [6, 6.07) is 17.8. The number of fused-ring (bicyclic) bond motifs is 1. The monoisotopic (exact) mass is 488 g/mol. The fourth-order valence-electron chi connectivity index (χ4n) is 4.60. The summed E-state index contributed by atoms with van der Waals surface area (Å²) >= 11 is 0. The van der Waals surface area contributed by atoms with Crippen LogP contribution in [-0.2, 0) is 16.4 Å². The lowest BCUT2D eigenvalue weighted by Crippen LogP contribution is -2.12. The lowest BCUT2D eigenvalue weighted by Gasteiger charge is -2.07. The molecule has 9 heteroatoms. The van der Waals surface area contributed by atoms with Crippen LogP contribution in [0.2, 0.25) is 0 Å². The average molecular weight is 489 g/mol. The Morgan fingerprint density at radius 2 is 1.80 bits per heavy atom. The molecule has 1 aliphatic heterocycles. The molecular weight excluding hydrogens is 467 g/mol. The summed E-state index contributed by atoms with van der Waals surface area (Å²) in [5.41, 5.74) is 4.13. The molecule has 4 heterocycles. The highest BCUT2D eigenvalue weighted by molar-refractivity contribution is 7.91. The maximum absolute atomic E-state index is 13.6. The Labute approximate surface area is 201 Å². The zero-order valence-corrected chi connectivity index (χ0v) is 19.5. The van der Waals surface area contributed by atoms with Crippen molar-refractivity contribution >= 4 is 20.9 Å². The summed E-state index contributed by atoms with van der Waals surface area (Å²) in [4.78, 5) is 8.87. The minimum atomic E-state index is -3.00. The van der Waals surface area contributed by atoms with Gasteiger partial charge in [-0.1, -0.05) is 30.3 Å². The predicted octanol–water partition coefficient (Wildman–Crippen LogP) is 4.99. The molecule has 0 spiro atoms. The van der Waals surface area contributed by atoms with E-state index in [1.54, 1.807) is 16.8 Å². The van der Waals surface area contributed by atoms with Gasteiger partial charge in [-0.25, -0.2) is 22.8 Å². The van der Waals surface area contributed by atoms with Crippen LogP contribution in [0, 0.1) is 11.7 Å². The van der Waals surface area contributed by atoms with E-state index >= 15 is 0 Å². The molecule has 1 fully saturated rings. The van der Waals surface area contributed by atoms with Gasteiger partial charge < -0.3 is 4.42 Å². The Kier molecular flexibility index (Phi) is 5.21. The minimum Gasteiger partial charge on any atom is -0.438 e. The number of hydrogen-bond donors (Lipinski definition) is 0. The van der Waals surface area contributed by atoms with Gasteiger partial charge in [-0.2, -0.15) is 5.10 Å². The van der Waals surface area contributed by atoms with Crippen LogP contribution in [-0.4, -0.2) is 39.7 Å². The molecule has 1 atom stereocenters. The summed E-state index contributed by atoms with van der Waals surface area (Å²) in [6.45, 7) is 0.475. The number of benzene rings is 2. The smallest absolute Gasteiger partial charge is 0.230 e. The third-order valence-corrected chi connectivity index (χ3v) is 8.13. The maximum atomic E-state index is 13.6. The van der Waals surface area contributed by atoms with E-state index in [0.717, 1.165) is 22.1 Å². The van der Waals surface area contributed by atoms with Crippen LogP contribution in [0.1, 0.15) is 6.42 Å². The lowest BCUT2D eigenvalue weighted by molar-refractivity contribution is 0.458. The summed E-state index contributed by atoms with van der Waals surface area (Å²) in [5.74, 6) is 0.707. The number of aromatic nitrogens is 4. The number of sulfone groups is 1. The first-order valence-corrected chi connectivity index (χ1v) is 13.1. The van der Waals surface area contributed by atoms with E-state index in [4.69, 9.17) is 9.52 Å². The van der Waals surface area contributed by atoms with Crippen LogP contribution in [0.3, 0.4) is 0 Å². The largest absolute Gasteiger partial charge is 0.438 e. The van der Waals surface area contributed by atoms with Gasteiger partial charge in [0, 0.05) is 29.4 Å². The number of halogens is 1. The Morgan fingerprint density at radius 3 is 2.54 bits per heavy atom. The molecule has 0 radical (unpaired) electrons. The molecule has 1 aliphatic rings. The van der Waals surface area contributed by atoms with Crippen LogP contribution in [0.5, 0.6) is 0 Å². The summed E-state index contributed by atoms with van der Waals surface area (Å²) in [6.07, 6.45) is 3.94. The van der Waals surface area contributed by atoms with E-state index in [9.17, 15) is 12.8 Å². The summed E-state index contributed by atoms with van der Waals surface area (Å²) in [5, 5.41) is 5.51. The van der Waals surface area contributed by atoms with Crippen LogP contribution < -0.4 is 0 Å². The van der Waals surface area contributed by atoms with Crippen molar-refractivity contribution in [3.63, 3.8) is 0 Å². The first kappa shape index (κ1) is 21.7. The second-order valence-electron chi connectivity index (χ2n) is 8.81. The van der Waals surface area contributed by atoms with Crippen molar-refractivity contribution in [2.75, 3.05) is 11.5 Å². The van der Waals surface area contributed by atoms with Crippen molar-refractivity contribution in [1.29, 1.82) is 0 Å². The first-order valence-electron chi connectivity index (χ1n) is 11.3. The third kappa shape index (κ3) is 4.23. The standard InChI is InChI=1S/C26H21FN4O3S/c27-20-8-6-19(7-9-20)24-22(14-31(30-24)13-17-10-11-35(32,33)15-17)25-21-12-23(18-4-2-1-3-5-18)34-26(21)29-16-28-25/h1-9,12,14,16-17H,10-11,13,15H2/t17-/m1/s1. The van der Waals surface area contributed by atoms with Gasteiger partial charge in [0.05, 0.1) is 22.6 Å². The van der Waals surface area contributed by atoms with Crippen molar-refractivity contribution < 1.29 is 17.2 Å². The van der Waals surface area contributed by atoms with E-state index in [1.807, 2.05) is 42.6 Å². The molecule has 0 unspecified atom stereocenters.